The highest BCUT2D eigenvalue weighted by molar-refractivity contribution is 5.95. The molecule has 0 atom stereocenters. The van der Waals surface area contributed by atoms with Crippen LogP contribution in [0.3, 0.4) is 0 Å². The maximum absolute atomic E-state index is 11.4. The van der Waals surface area contributed by atoms with E-state index in [1.165, 1.54) is 12.0 Å². The Morgan fingerprint density at radius 1 is 1.19 bits per heavy atom. The van der Waals surface area contributed by atoms with Crippen molar-refractivity contribution >= 4 is 11.6 Å². The first-order valence-electron chi connectivity index (χ1n) is 6.06. The van der Waals surface area contributed by atoms with Crippen LogP contribution in [0.4, 0.5) is 5.69 Å². The molecule has 1 aliphatic rings. The lowest BCUT2D eigenvalue weighted by molar-refractivity contribution is -0.117. The Kier molecular flexibility index (Phi) is 5.03. The van der Waals surface area contributed by atoms with E-state index in [-0.39, 0.29) is 5.91 Å². The third kappa shape index (κ3) is 3.37. The van der Waals surface area contributed by atoms with Gasteiger partial charge in [-0.05, 0) is 25.5 Å². The fraction of sp³-hybridized carbons (Fsp3) is 0.500. The number of aryl methyl sites for hydroxylation is 1. The minimum atomic E-state index is 0.254. The summed E-state index contributed by atoms with van der Waals surface area (Å²) in [4.78, 5) is 13.2. The van der Waals surface area contributed by atoms with Crippen LogP contribution in [-0.2, 0) is 4.79 Å². The molecule has 1 amide bonds. The smallest absolute Gasteiger partial charge is 0.227 e. The average molecular weight is 219 g/mol. The van der Waals surface area contributed by atoms with Crippen molar-refractivity contribution in [1.82, 2.24) is 0 Å². The van der Waals surface area contributed by atoms with Crippen molar-refractivity contribution in [3.63, 3.8) is 0 Å². The van der Waals surface area contributed by atoms with Crippen LogP contribution in [0, 0.1) is 6.92 Å². The molecule has 0 saturated carbocycles. The van der Waals surface area contributed by atoms with Crippen LogP contribution in [-0.4, -0.2) is 12.5 Å². The van der Waals surface area contributed by atoms with E-state index < -0.39 is 0 Å². The maximum atomic E-state index is 11.4. The molecule has 0 unspecified atom stereocenters. The molecule has 2 nitrogen and oxygen atoms in total. The van der Waals surface area contributed by atoms with Crippen molar-refractivity contribution in [1.29, 1.82) is 0 Å². The predicted octanol–water partition coefficient (Wildman–Crippen LogP) is 3.54. The van der Waals surface area contributed by atoms with Gasteiger partial charge in [-0.3, -0.25) is 4.79 Å². The molecule has 0 bridgehead atoms. The lowest BCUT2D eigenvalue weighted by Gasteiger charge is -2.15. The highest BCUT2D eigenvalue weighted by Gasteiger charge is 2.20. The molecule has 1 aromatic rings. The molecule has 0 aliphatic carbocycles. The molecule has 1 aliphatic heterocycles. The van der Waals surface area contributed by atoms with Crippen LogP contribution >= 0.6 is 0 Å². The molecule has 1 fully saturated rings. The summed E-state index contributed by atoms with van der Waals surface area (Å²) in [5.41, 5.74) is 2.27. The van der Waals surface area contributed by atoms with Crippen molar-refractivity contribution in [3.05, 3.63) is 29.8 Å². The van der Waals surface area contributed by atoms with Gasteiger partial charge in [0.25, 0.3) is 0 Å². The van der Waals surface area contributed by atoms with Gasteiger partial charge in [0.2, 0.25) is 5.91 Å². The quantitative estimate of drug-likeness (QED) is 0.707. The van der Waals surface area contributed by atoms with Gasteiger partial charge in [0.15, 0.2) is 0 Å². The van der Waals surface area contributed by atoms with Gasteiger partial charge >= 0.3 is 0 Å². The predicted molar refractivity (Wildman–Crippen MR) is 68.7 cm³/mol. The van der Waals surface area contributed by atoms with Crippen molar-refractivity contribution < 1.29 is 4.79 Å². The molecule has 88 valence electrons. The van der Waals surface area contributed by atoms with Crippen LogP contribution in [0.25, 0.3) is 0 Å². The van der Waals surface area contributed by atoms with Gasteiger partial charge in [0.05, 0.1) is 0 Å². The summed E-state index contributed by atoms with van der Waals surface area (Å²) < 4.78 is 0. The van der Waals surface area contributed by atoms with Gasteiger partial charge in [-0.1, -0.05) is 38.0 Å². The van der Waals surface area contributed by atoms with Gasteiger partial charge in [-0.15, -0.1) is 0 Å². The molecule has 0 aromatic heterocycles. The first-order valence-corrected chi connectivity index (χ1v) is 6.06. The summed E-state index contributed by atoms with van der Waals surface area (Å²) in [5.74, 6) is 0.254. The number of rotatable bonds is 1. The molecule has 0 N–H and O–H groups in total. The number of nitrogens with zero attached hydrogens (tertiary/aromatic N) is 1. The van der Waals surface area contributed by atoms with Gasteiger partial charge in [0, 0.05) is 18.7 Å². The molecule has 1 aromatic carbocycles. The fourth-order valence-electron chi connectivity index (χ4n) is 1.65. The molecule has 2 heteroatoms. The lowest BCUT2D eigenvalue weighted by atomic mass is 10.2. The van der Waals surface area contributed by atoms with Crippen LogP contribution in [0.15, 0.2) is 24.3 Å². The molecule has 1 heterocycles. The third-order valence-electron chi connectivity index (χ3n) is 2.42. The highest BCUT2D eigenvalue weighted by Crippen LogP contribution is 2.21. The van der Waals surface area contributed by atoms with E-state index in [1.54, 1.807) is 0 Å². The van der Waals surface area contributed by atoms with Crippen molar-refractivity contribution in [2.75, 3.05) is 11.4 Å². The van der Waals surface area contributed by atoms with E-state index in [0.717, 1.165) is 18.7 Å². The van der Waals surface area contributed by atoms with Crippen molar-refractivity contribution in [3.8, 4) is 0 Å². The topological polar surface area (TPSA) is 20.3 Å². The number of hydrogen-bond acceptors (Lipinski definition) is 1. The van der Waals surface area contributed by atoms with E-state index in [0.29, 0.717) is 6.42 Å². The maximum Gasteiger partial charge on any atom is 0.227 e. The van der Waals surface area contributed by atoms with E-state index in [2.05, 4.69) is 20.8 Å². The molecule has 16 heavy (non-hydrogen) atoms. The van der Waals surface area contributed by atoms with Gasteiger partial charge in [-0.2, -0.15) is 0 Å². The summed E-state index contributed by atoms with van der Waals surface area (Å²) in [6.07, 6.45) is 2.95. The van der Waals surface area contributed by atoms with E-state index >= 15 is 0 Å². The Morgan fingerprint density at radius 2 is 1.75 bits per heavy atom. The van der Waals surface area contributed by atoms with Gasteiger partial charge in [0.1, 0.15) is 0 Å². The largest absolute Gasteiger partial charge is 0.312 e. The average Bonchev–Trinajstić information content (AvgIpc) is 2.67. The van der Waals surface area contributed by atoms with E-state index in [1.807, 2.05) is 29.2 Å². The lowest BCUT2D eigenvalue weighted by Crippen LogP contribution is -2.23. The van der Waals surface area contributed by atoms with E-state index in [4.69, 9.17) is 0 Å². The van der Waals surface area contributed by atoms with E-state index in [9.17, 15) is 4.79 Å². The first kappa shape index (κ1) is 12.8. The van der Waals surface area contributed by atoms with Crippen LogP contribution in [0.5, 0.6) is 0 Å². The number of amides is 1. The Hall–Kier alpha value is -1.31. The summed E-state index contributed by atoms with van der Waals surface area (Å²) >= 11 is 0. The van der Waals surface area contributed by atoms with Gasteiger partial charge in [-0.25, -0.2) is 0 Å². The molecular weight excluding hydrogens is 198 g/mol. The number of carbonyl (C=O) groups excluding carboxylic acids is 1. The Labute approximate surface area is 98.3 Å². The second kappa shape index (κ2) is 6.31. The second-order valence-electron chi connectivity index (χ2n) is 4.19. The molecule has 1 saturated heterocycles. The summed E-state index contributed by atoms with van der Waals surface area (Å²) in [6.45, 7) is 7.18. The Morgan fingerprint density at radius 3 is 2.19 bits per heavy atom. The number of benzene rings is 1. The molecule has 0 spiro atoms. The zero-order valence-corrected chi connectivity index (χ0v) is 10.5. The first-order chi connectivity index (χ1) is 7.69. The Bertz CT molecular complexity index is 329. The summed E-state index contributed by atoms with van der Waals surface area (Å²) in [7, 11) is 0. The zero-order valence-electron chi connectivity index (χ0n) is 10.5. The van der Waals surface area contributed by atoms with Crippen LogP contribution in [0.1, 0.15) is 38.7 Å². The minimum absolute atomic E-state index is 0.254. The number of hydrogen-bond donors (Lipinski definition) is 0. The normalized spacial score (nSPS) is 14.7. The summed E-state index contributed by atoms with van der Waals surface area (Å²) in [5, 5.41) is 0. The molecular formula is C14H21NO. The fourth-order valence-corrected chi connectivity index (χ4v) is 1.65. The number of anilines is 1. The van der Waals surface area contributed by atoms with Crippen LogP contribution in [0.2, 0.25) is 0 Å². The summed E-state index contributed by atoms with van der Waals surface area (Å²) in [6, 6.07) is 8.11. The van der Waals surface area contributed by atoms with Crippen molar-refractivity contribution in [2.24, 2.45) is 0 Å². The standard InChI is InChI=1S/C11H13NO.C3H8/c1-9-4-6-10(7-5-9)12-8-2-3-11(12)13;1-3-2/h4-7H,2-3,8H2,1H3;3H2,1-2H3. The molecule has 2 rings (SSSR count). The SMILES string of the molecule is CCC.Cc1ccc(N2CCCC2=O)cc1. The third-order valence-corrected chi connectivity index (χ3v) is 2.42. The minimum Gasteiger partial charge on any atom is -0.312 e. The monoisotopic (exact) mass is 219 g/mol. The van der Waals surface area contributed by atoms with Crippen molar-refractivity contribution in [2.45, 2.75) is 40.0 Å². The highest BCUT2D eigenvalue weighted by atomic mass is 16.2. The second-order valence-corrected chi connectivity index (χ2v) is 4.19. The zero-order chi connectivity index (χ0) is 12.0. The Balaban J connectivity index is 0.000000386. The number of carbonyl (C=O) groups is 1. The van der Waals surface area contributed by atoms with Crippen LogP contribution < -0.4 is 4.90 Å². The molecule has 0 radical (unpaired) electrons. The van der Waals surface area contributed by atoms with Gasteiger partial charge < -0.3 is 4.90 Å².